The predicted molar refractivity (Wildman–Crippen MR) is 205 cm³/mol. The Labute approximate surface area is 298 Å². The standard InChI is InChI=1S/C42H81N3O3/c1-4-7-10-13-15-16-17-18-20-25-31-41(46)38-44(34-28-35-45-36-32-43-39-45)33-26-21-22-27-37-48-42(47)40(29-23-12-9-6-3)30-24-19-14-11-8-5-2/h32,36,39-41,46H,4-31,33-35,37-38H2,1-3H3/t40?,41-/m0/s1. The molecule has 1 unspecified atom stereocenters. The first-order valence-corrected chi connectivity index (χ1v) is 21.1. The van der Waals surface area contributed by atoms with Crippen LogP contribution in [0.25, 0.3) is 0 Å². The minimum atomic E-state index is -0.238. The zero-order valence-corrected chi connectivity index (χ0v) is 32.3. The molecular formula is C42H81N3O3. The largest absolute Gasteiger partial charge is 0.465 e. The minimum absolute atomic E-state index is 0.0560. The van der Waals surface area contributed by atoms with E-state index in [-0.39, 0.29) is 18.0 Å². The van der Waals surface area contributed by atoms with Crippen LogP contribution in [0.3, 0.4) is 0 Å². The van der Waals surface area contributed by atoms with Crippen molar-refractivity contribution in [1.29, 1.82) is 0 Å². The Morgan fingerprint density at radius 3 is 1.69 bits per heavy atom. The highest BCUT2D eigenvalue weighted by Crippen LogP contribution is 2.21. The molecular weight excluding hydrogens is 594 g/mol. The molecule has 0 amide bonds. The summed E-state index contributed by atoms with van der Waals surface area (Å²) in [5.41, 5.74) is 0. The SMILES string of the molecule is CCCCCCCCCCCC[C@H](O)CN(CCCCCCOC(=O)C(CCCCCC)CCCCCCCC)CCCn1ccnc1. The topological polar surface area (TPSA) is 67.6 Å². The van der Waals surface area contributed by atoms with Crippen molar-refractivity contribution < 1.29 is 14.6 Å². The molecule has 6 heteroatoms. The second-order valence-electron chi connectivity index (χ2n) is 14.8. The number of nitrogens with zero attached hydrogens (tertiary/aromatic N) is 3. The number of hydrogen-bond donors (Lipinski definition) is 1. The van der Waals surface area contributed by atoms with E-state index in [0.29, 0.717) is 6.61 Å². The molecule has 0 saturated carbocycles. The number of carbonyl (C=O) groups is 1. The lowest BCUT2D eigenvalue weighted by Gasteiger charge is -2.25. The van der Waals surface area contributed by atoms with Gasteiger partial charge in [0.1, 0.15) is 0 Å². The highest BCUT2D eigenvalue weighted by atomic mass is 16.5. The van der Waals surface area contributed by atoms with Crippen molar-refractivity contribution in [1.82, 2.24) is 14.5 Å². The summed E-state index contributed by atoms with van der Waals surface area (Å²) in [5.74, 6) is 0.149. The molecule has 1 aromatic heterocycles. The van der Waals surface area contributed by atoms with Gasteiger partial charge in [-0.05, 0) is 51.6 Å². The Hall–Kier alpha value is -1.40. The number of imidazole rings is 1. The number of aryl methyl sites for hydroxylation is 1. The van der Waals surface area contributed by atoms with Crippen LogP contribution < -0.4 is 0 Å². The van der Waals surface area contributed by atoms with Crippen LogP contribution in [0.4, 0.5) is 0 Å². The fraction of sp³-hybridized carbons (Fsp3) is 0.905. The summed E-state index contributed by atoms with van der Waals surface area (Å²) in [6.07, 6.45) is 39.6. The van der Waals surface area contributed by atoms with Crippen LogP contribution >= 0.6 is 0 Å². The molecule has 0 fully saturated rings. The fourth-order valence-electron chi connectivity index (χ4n) is 6.90. The number of aliphatic hydroxyl groups excluding tert-OH is 1. The third kappa shape index (κ3) is 27.4. The highest BCUT2D eigenvalue weighted by Gasteiger charge is 2.19. The van der Waals surface area contributed by atoms with Gasteiger partial charge in [0.2, 0.25) is 0 Å². The molecule has 1 aromatic rings. The summed E-state index contributed by atoms with van der Waals surface area (Å²) < 4.78 is 7.97. The first kappa shape index (κ1) is 44.6. The number of carbonyl (C=O) groups excluding carboxylic acids is 1. The van der Waals surface area contributed by atoms with E-state index in [2.05, 4.69) is 35.2 Å². The summed E-state index contributed by atoms with van der Waals surface area (Å²) in [5, 5.41) is 10.9. The number of hydrogen-bond acceptors (Lipinski definition) is 5. The van der Waals surface area contributed by atoms with Crippen molar-refractivity contribution in [2.45, 2.75) is 213 Å². The molecule has 0 aliphatic heterocycles. The van der Waals surface area contributed by atoms with Crippen LogP contribution in [-0.2, 0) is 16.1 Å². The zero-order valence-electron chi connectivity index (χ0n) is 32.3. The molecule has 0 saturated heterocycles. The van der Waals surface area contributed by atoms with E-state index in [1.165, 1.54) is 109 Å². The summed E-state index contributed by atoms with van der Waals surface area (Å²) in [6.45, 7) is 11.1. The second-order valence-corrected chi connectivity index (χ2v) is 14.8. The number of ether oxygens (including phenoxy) is 1. The normalized spacial score (nSPS) is 12.9. The maximum Gasteiger partial charge on any atom is 0.308 e. The van der Waals surface area contributed by atoms with Gasteiger partial charge in [0, 0.05) is 25.5 Å². The van der Waals surface area contributed by atoms with Gasteiger partial charge < -0.3 is 19.3 Å². The van der Waals surface area contributed by atoms with Crippen molar-refractivity contribution >= 4 is 5.97 Å². The third-order valence-electron chi connectivity index (χ3n) is 10.1. The van der Waals surface area contributed by atoms with Crippen molar-refractivity contribution in [2.75, 3.05) is 26.2 Å². The summed E-state index contributed by atoms with van der Waals surface area (Å²) in [6, 6.07) is 0. The average Bonchev–Trinajstić information content (AvgIpc) is 3.61. The van der Waals surface area contributed by atoms with Crippen molar-refractivity contribution in [3.63, 3.8) is 0 Å². The van der Waals surface area contributed by atoms with Gasteiger partial charge >= 0.3 is 5.97 Å². The van der Waals surface area contributed by atoms with Gasteiger partial charge in [0.15, 0.2) is 0 Å². The van der Waals surface area contributed by atoms with Crippen LogP contribution in [0.2, 0.25) is 0 Å². The Morgan fingerprint density at radius 2 is 1.12 bits per heavy atom. The van der Waals surface area contributed by atoms with Crippen LogP contribution in [-0.4, -0.2) is 57.9 Å². The van der Waals surface area contributed by atoms with Crippen LogP contribution in [0, 0.1) is 5.92 Å². The molecule has 0 aliphatic rings. The van der Waals surface area contributed by atoms with Crippen LogP contribution in [0.15, 0.2) is 18.7 Å². The molecule has 1 heterocycles. The van der Waals surface area contributed by atoms with E-state index < -0.39 is 0 Å². The van der Waals surface area contributed by atoms with E-state index in [1.807, 2.05) is 18.7 Å². The van der Waals surface area contributed by atoms with E-state index in [4.69, 9.17) is 4.74 Å². The lowest BCUT2D eigenvalue weighted by Crippen LogP contribution is -2.34. The Kier molecular flexibility index (Phi) is 31.7. The van der Waals surface area contributed by atoms with Gasteiger partial charge in [-0.25, -0.2) is 4.98 Å². The van der Waals surface area contributed by atoms with E-state index in [1.54, 1.807) is 0 Å². The number of aliphatic hydroxyl groups is 1. The number of aromatic nitrogens is 2. The fourth-order valence-corrected chi connectivity index (χ4v) is 6.90. The van der Waals surface area contributed by atoms with E-state index in [9.17, 15) is 9.90 Å². The average molecular weight is 676 g/mol. The summed E-state index contributed by atoms with van der Waals surface area (Å²) in [4.78, 5) is 19.6. The van der Waals surface area contributed by atoms with Gasteiger partial charge in [-0.2, -0.15) is 0 Å². The highest BCUT2D eigenvalue weighted by molar-refractivity contribution is 5.72. The first-order valence-electron chi connectivity index (χ1n) is 21.1. The Balaban J connectivity index is 2.31. The third-order valence-corrected chi connectivity index (χ3v) is 10.1. The quantitative estimate of drug-likeness (QED) is 0.0561. The molecule has 282 valence electrons. The summed E-state index contributed by atoms with van der Waals surface area (Å²) >= 11 is 0. The predicted octanol–water partition coefficient (Wildman–Crippen LogP) is 11.7. The lowest BCUT2D eigenvalue weighted by atomic mass is 9.94. The molecule has 0 aromatic carbocycles. The Morgan fingerprint density at radius 1 is 0.646 bits per heavy atom. The van der Waals surface area contributed by atoms with Gasteiger partial charge in [-0.1, -0.05) is 162 Å². The molecule has 0 bridgehead atoms. The lowest BCUT2D eigenvalue weighted by molar-refractivity contribution is -0.149. The zero-order chi connectivity index (χ0) is 34.8. The molecule has 0 radical (unpaired) electrons. The first-order chi connectivity index (χ1) is 23.6. The maximum atomic E-state index is 13.0. The smallest absolute Gasteiger partial charge is 0.308 e. The number of esters is 1. The molecule has 2 atom stereocenters. The van der Waals surface area contributed by atoms with Crippen LogP contribution in [0.5, 0.6) is 0 Å². The molecule has 1 N–H and O–H groups in total. The van der Waals surface area contributed by atoms with E-state index >= 15 is 0 Å². The van der Waals surface area contributed by atoms with Gasteiger partial charge in [-0.3, -0.25) is 4.79 Å². The molecule has 0 spiro atoms. The Bertz CT molecular complexity index is 787. The molecule has 0 aliphatic carbocycles. The second kappa shape index (κ2) is 34.1. The number of unbranched alkanes of at least 4 members (excludes halogenated alkanes) is 20. The summed E-state index contributed by atoms with van der Waals surface area (Å²) in [7, 11) is 0. The van der Waals surface area contributed by atoms with Crippen molar-refractivity contribution in [3.8, 4) is 0 Å². The molecule has 48 heavy (non-hydrogen) atoms. The van der Waals surface area contributed by atoms with Crippen molar-refractivity contribution in [2.24, 2.45) is 5.92 Å². The van der Waals surface area contributed by atoms with Gasteiger partial charge in [0.05, 0.1) is 25.0 Å². The van der Waals surface area contributed by atoms with Gasteiger partial charge in [-0.15, -0.1) is 0 Å². The number of rotatable bonds is 37. The van der Waals surface area contributed by atoms with Crippen molar-refractivity contribution in [3.05, 3.63) is 18.7 Å². The van der Waals surface area contributed by atoms with Gasteiger partial charge in [0.25, 0.3) is 0 Å². The monoisotopic (exact) mass is 676 g/mol. The minimum Gasteiger partial charge on any atom is -0.465 e. The molecule has 1 rings (SSSR count). The maximum absolute atomic E-state index is 13.0. The van der Waals surface area contributed by atoms with Crippen LogP contribution in [0.1, 0.15) is 201 Å². The molecule has 6 nitrogen and oxygen atoms in total. The van der Waals surface area contributed by atoms with E-state index in [0.717, 1.165) is 96.8 Å².